The van der Waals surface area contributed by atoms with E-state index < -0.39 is 5.67 Å². The molecular formula is C7H12FN5. The van der Waals surface area contributed by atoms with Crippen LogP contribution in [0.4, 0.5) is 4.39 Å². The molecule has 1 aliphatic rings. The van der Waals surface area contributed by atoms with E-state index in [-0.39, 0.29) is 6.42 Å². The highest BCUT2D eigenvalue weighted by atomic mass is 19.1. The lowest BCUT2D eigenvalue weighted by Gasteiger charge is -2.14. The zero-order valence-corrected chi connectivity index (χ0v) is 7.50. The monoisotopic (exact) mass is 185 g/mol. The van der Waals surface area contributed by atoms with Gasteiger partial charge in [-0.3, -0.25) is 0 Å². The van der Waals surface area contributed by atoms with E-state index in [1.807, 2.05) is 0 Å². The molecule has 6 heteroatoms. The van der Waals surface area contributed by atoms with Crippen molar-refractivity contribution in [3.8, 4) is 0 Å². The van der Waals surface area contributed by atoms with E-state index in [2.05, 4.69) is 20.7 Å². The lowest BCUT2D eigenvalue weighted by Crippen LogP contribution is -2.29. The Balaban J connectivity index is 2.04. The first-order valence-corrected chi connectivity index (χ1v) is 4.30. The van der Waals surface area contributed by atoms with Crippen molar-refractivity contribution in [2.45, 2.75) is 18.5 Å². The summed E-state index contributed by atoms with van der Waals surface area (Å²) in [4.78, 5) is 1.35. The molecule has 1 aromatic heterocycles. The number of alkyl halides is 1. The summed E-state index contributed by atoms with van der Waals surface area (Å²) in [6.07, 6.45) is 0.791. The van der Waals surface area contributed by atoms with Gasteiger partial charge in [0, 0.05) is 13.0 Å². The Hall–Kier alpha value is -1.04. The number of hydrogen-bond acceptors (Lipinski definition) is 4. The lowest BCUT2D eigenvalue weighted by atomic mass is 10.0. The Morgan fingerprint density at radius 1 is 1.69 bits per heavy atom. The van der Waals surface area contributed by atoms with E-state index >= 15 is 0 Å². The molecule has 1 atom stereocenters. The van der Waals surface area contributed by atoms with Crippen LogP contribution in [-0.4, -0.2) is 39.0 Å². The Kier molecular flexibility index (Phi) is 1.99. The second-order valence-corrected chi connectivity index (χ2v) is 3.45. The van der Waals surface area contributed by atoms with Gasteiger partial charge in [-0.05, 0) is 18.2 Å². The summed E-state index contributed by atoms with van der Waals surface area (Å²) in [5.41, 5.74) is -1.18. The Bertz CT molecular complexity index is 291. The van der Waals surface area contributed by atoms with Gasteiger partial charge in [0.05, 0.1) is 7.05 Å². The van der Waals surface area contributed by atoms with Crippen LogP contribution in [0.2, 0.25) is 0 Å². The van der Waals surface area contributed by atoms with Crippen LogP contribution >= 0.6 is 0 Å². The van der Waals surface area contributed by atoms with Crippen LogP contribution in [0.1, 0.15) is 12.2 Å². The highest BCUT2D eigenvalue weighted by Crippen LogP contribution is 2.22. The number of hydrogen-bond donors (Lipinski definition) is 1. The van der Waals surface area contributed by atoms with Gasteiger partial charge in [0.15, 0.2) is 5.82 Å². The summed E-state index contributed by atoms with van der Waals surface area (Å²) >= 11 is 0. The molecule has 5 nitrogen and oxygen atoms in total. The van der Waals surface area contributed by atoms with Crippen LogP contribution in [0.25, 0.3) is 0 Å². The Labute approximate surface area is 75.3 Å². The first kappa shape index (κ1) is 8.55. The molecule has 0 aliphatic carbocycles. The Morgan fingerprint density at radius 3 is 3.08 bits per heavy atom. The van der Waals surface area contributed by atoms with Crippen molar-refractivity contribution in [2.75, 3.05) is 13.1 Å². The maximum absolute atomic E-state index is 13.8. The number of halogens is 1. The van der Waals surface area contributed by atoms with E-state index in [0.717, 1.165) is 6.54 Å². The fourth-order valence-electron chi connectivity index (χ4n) is 1.54. The molecule has 1 fully saturated rings. The number of aromatic nitrogens is 4. The zero-order valence-electron chi connectivity index (χ0n) is 7.50. The van der Waals surface area contributed by atoms with Gasteiger partial charge >= 0.3 is 0 Å². The molecule has 1 N–H and O–H groups in total. The molecule has 1 aromatic rings. The quantitative estimate of drug-likeness (QED) is 0.672. The van der Waals surface area contributed by atoms with Gasteiger partial charge in [-0.1, -0.05) is 0 Å². The number of rotatable bonds is 2. The average Bonchev–Trinajstić information content (AvgIpc) is 2.62. The van der Waals surface area contributed by atoms with Gasteiger partial charge in [-0.25, -0.2) is 4.39 Å². The van der Waals surface area contributed by atoms with Crippen molar-refractivity contribution in [3.05, 3.63) is 5.82 Å². The number of nitrogens with zero attached hydrogens (tertiary/aromatic N) is 4. The molecule has 2 rings (SSSR count). The van der Waals surface area contributed by atoms with Crippen LogP contribution in [0.15, 0.2) is 0 Å². The summed E-state index contributed by atoms with van der Waals surface area (Å²) in [6.45, 7) is 1.13. The minimum atomic E-state index is -1.18. The second-order valence-electron chi connectivity index (χ2n) is 3.45. The minimum absolute atomic E-state index is 0.258. The number of nitrogens with one attached hydrogen (secondary N) is 1. The third kappa shape index (κ3) is 1.82. The van der Waals surface area contributed by atoms with Crippen LogP contribution in [-0.2, 0) is 13.5 Å². The van der Waals surface area contributed by atoms with Crippen molar-refractivity contribution in [1.29, 1.82) is 0 Å². The van der Waals surface area contributed by atoms with E-state index in [1.165, 1.54) is 4.80 Å². The molecule has 0 aromatic carbocycles. The maximum atomic E-state index is 13.8. The molecule has 72 valence electrons. The fourth-order valence-corrected chi connectivity index (χ4v) is 1.54. The van der Waals surface area contributed by atoms with Crippen molar-refractivity contribution in [3.63, 3.8) is 0 Å². The zero-order chi connectivity index (χ0) is 9.31. The largest absolute Gasteiger partial charge is 0.313 e. The summed E-state index contributed by atoms with van der Waals surface area (Å²) < 4.78 is 13.8. The molecule has 1 unspecified atom stereocenters. The second kappa shape index (κ2) is 3.02. The van der Waals surface area contributed by atoms with Crippen molar-refractivity contribution in [1.82, 2.24) is 25.5 Å². The van der Waals surface area contributed by atoms with Crippen molar-refractivity contribution < 1.29 is 4.39 Å². The first-order valence-electron chi connectivity index (χ1n) is 4.30. The molecular weight excluding hydrogens is 173 g/mol. The third-order valence-corrected chi connectivity index (χ3v) is 2.22. The molecule has 13 heavy (non-hydrogen) atoms. The minimum Gasteiger partial charge on any atom is -0.313 e. The van der Waals surface area contributed by atoms with Gasteiger partial charge in [0.25, 0.3) is 0 Å². The molecule has 1 aliphatic heterocycles. The normalized spacial score (nSPS) is 28.2. The Morgan fingerprint density at radius 2 is 2.54 bits per heavy atom. The van der Waals surface area contributed by atoms with Crippen LogP contribution in [0.3, 0.4) is 0 Å². The van der Waals surface area contributed by atoms with Crippen LogP contribution < -0.4 is 5.32 Å². The summed E-state index contributed by atoms with van der Waals surface area (Å²) in [7, 11) is 1.67. The van der Waals surface area contributed by atoms with Gasteiger partial charge in [-0.2, -0.15) is 4.80 Å². The molecule has 2 heterocycles. The van der Waals surface area contributed by atoms with Gasteiger partial charge in [0.1, 0.15) is 5.67 Å². The topological polar surface area (TPSA) is 55.6 Å². The molecule has 0 spiro atoms. The van der Waals surface area contributed by atoms with Gasteiger partial charge in [-0.15, -0.1) is 10.2 Å². The van der Waals surface area contributed by atoms with E-state index in [1.54, 1.807) is 7.05 Å². The fraction of sp³-hybridized carbons (Fsp3) is 0.857. The number of tetrazole rings is 1. The third-order valence-electron chi connectivity index (χ3n) is 2.22. The number of aryl methyl sites for hydroxylation is 1. The predicted molar refractivity (Wildman–Crippen MR) is 43.8 cm³/mol. The van der Waals surface area contributed by atoms with Crippen molar-refractivity contribution >= 4 is 0 Å². The molecule has 1 saturated heterocycles. The SMILES string of the molecule is Cn1nnc(CC2(F)CCNC2)n1. The maximum Gasteiger partial charge on any atom is 0.178 e. The molecule has 0 saturated carbocycles. The summed E-state index contributed by atoms with van der Waals surface area (Å²) in [6, 6.07) is 0. The van der Waals surface area contributed by atoms with E-state index in [0.29, 0.717) is 18.8 Å². The highest BCUT2D eigenvalue weighted by Gasteiger charge is 2.35. The van der Waals surface area contributed by atoms with Gasteiger partial charge in [0.2, 0.25) is 0 Å². The average molecular weight is 185 g/mol. The summed E-state index contributed by atoms with van der Waals surface area (Å²) in [5, 5.41) is 14.3. The molecule has 0 amide bonds. The van der Waals surface area contributed by atoms with Crippen LogP contribution in [0.5, 0.6) is 0 Å². The smallest absolute Gasteiger partial charge is 0.178 e. The van der Waals surface area contributed by atoms with Crippen molar-refractivity contribution in [2.24, 2.45) is 7.05 Å². The summed E-state index contributed by atoms with van der Waals surface area (Å²) in [5.74, 6) is 0.480. The van der Waals surface area contributed by atoms with Gasteiger partial charge < -0.3 is 5.32 Å². The predicted octanol–water partition coefficient (Wildman–Crippen LogP) is -0.546. The lowest BCUT2D eigenvalue weighted by molar-refractivity contribution is 0.187. The molecule has 0 radical (unpaired) electrons. The van der Waals surface area contributed by atoms with E-state index in [4.69, 9.17) is 0 Å². The molecule has 0 bridgehead atoms. The highest BCUT2D eigenvalue weighted by molar-refractivity contribution is 4.96. The van der Waals surface area contributed by atoms with Crippen LogP contribution in [0, 0.1) is 0 Å². The standard InChI is InChI=1S/C7H12FN5/c1-13-11-6(10-12-13)4-7(8)2-3-9-5-7/h9H,2-5H2,1H3. The first-order chi connectivity index (χ1) is 6.18. The van der Waals surface area contributed by atoms with E-state index in [9.17, 15) is 4.39 Å².